The Hall–Kier alpha value is -3.19. The Kier molecular flexibility index (Phi) is 4.86. The van der Waals surface area contributed by atoms with Gasteiger partial charge in [-0.1, -0.05) is 30.3 Å². The molecule has 5 nitrogen and oxygen atoms in total. The number of fused-ring (bicyclic) bond motifs is 2. The molecule has 168 valence electrons. The van der Waals surface area contributed by atoms with E-state index in [4.69, 9.17) is 4.74 Å². The van der Waals surface area contributed by atoms with Crippen LogP contribution in [0.2, 0.25) is 0 Å². The van der Waals surface area contributed by atoms with Crippen molar-refractivity contribution in [3.8, 4) is 5.75 Å². The number of hydrogen-bond donors (Lipinski definition) is 0. The molecule has 7 heteroatoms. The van der Waals surface area contributed by atoms with Gasteiger partial charge in [-0.05, 0) is 83.7 Å². The maximum Gasteiger partial charge on any atom is 0.284 e. The van der Waals surface area contributed by atoms with Crippen molar-refractivity contribution in [3.63, 3.8) is 0 Å². The Balaban J connectivity index is 1.69. The second-order valence-electron chi connectivity index (χ2n) is 9.01. The van der Waals surface area contributed by atoms with Crippen LogP contribution in [0.15, 0.2) is 65.1 Å². The molecule has 0 bridgehead atoms. The molecule has 0 aromatic heterocycles. The van der Waals surface area contributed by atoms with Gasteiger partial charge in [0.15, 0.2) is 0 Å². The largest absolute Gasteiger partial charge is 0.462 e. The summed E-state index contributed by atoms with van der Waals surface area (Å²) in [6, 6.07) is 16.2. The van der Waals surface area contributed by atoms with Gasteiger partial charge in [0, 0.05) is 23.9 Å². The molecule has 2 aliphatic rings. The summed E-state index contributed by atoms with van der Waals surface area (Å²) in [6.45, 7) is 6.61. The quantitative estimate of drug-likeness (QED) is 0.285. The van der Waals surface area contributed by atoms with Crippen molar-refractivity contribution < 1.29 is 14.1 Å². The molecule has 0 N–H and O–H groups in total. The van der Waals surface area contributed by atoms with Gasteiger partial charge in [0.2, 0.25) is 5.72 Å². The Morgan fingerprint density at radius 2 is 1.85 bits per heavy atom. The predicted molar refractivity (Wildman–Crippen MR) is 130 cm³/mol. The predicted octanol–water partition coefficient (Wildman–Crippen LogP) is 6.90. The molecule has 0 saturated heterocycles. The van der Waals surface area contributed by atoms with Crippen molar-refractivity contribution in [2.45, 2.75) is 38.5 Å². The maximum atomic E-state index is 13.5. The zero-order valence-corrected chi connectivity index (χ0v) is 20.0. The van der Waals surface area contributed by atoms with E-state index in [1.807, 2.05) is 31.2 Å². The molecular formula is C26H22BrFN2O3. The van der Waals surface area contributed by atoms with Gasteiger partial charge in [0.1, 0.15) is 16.0 Å². The van der Waals surface area contributed by atoms with Gasteiger partial charge >= 0.3 is 0 Å². The van der Waals surface area contributed by atoms with Crippen molar-refractivity contribution >= 4 is 33.4 Å². The SMILES string of the molecule is Cc1cc([N+](=O)[O-])c(Br)c2c1OC1(C=C2)N(Cc2ccc(F)cc2)c2ccccc2C1(C)C. The molecule has 0 saturated carbocycles. The van der Waals surface area contributed by atoms with Gasteiger partial charge in [0.05, 0.1) is 10.3 Å². The van der Waals surface area contributed by atoms with Crippen molar-refractivity contribution in [1.82, 2.24) is 0 Å². The summed E-state index contributed by atoms with van der Waals surface area (Å²) in [4.78, 5) is 13.3. The van der Waals surface area contributed by atoms with Crippen LogP contribution in [0.25, 0.3) is 6.08 Å². The normalized spacial score (nSPS) is 19.8. The molecule has 0 radical (unpaired) electrons. The number of hydrogen-bond acceptors (Lipinski definition) is 4. The van der Waals surface area contributed by atoms with Crippen LogP contribution in [-0.2, 0) is 12.0 Å². The van der Waals surface area contributed by atoms with E-state index in [-0.39, 0.29) is 11.5 Å². The smallest absolute Gasteiger partial charge is 0.284 e. The number of nitro groups is 1. The van der Waals surface area contributed by atoms with Crippen LogP contribution < -0.4 is 9.64 Å². The summed E-state index contributed by atoms with van der Waals surface area (Å²) in [7, 11) is 0. The fourth-order valence-corrected chi connectivity index (χ4v) is 5.56. The fraction of sp³-hybridized carbons (Fsp3) is 0.231. The number of nitrogens with zero attached hydrogens (tertiary/aromatic N) is 2. The van der Waals surface area contributed by atoms with Crippen LogP contribution in [0.3, 0.4) is 0 Å². The molecule has 0 amide bonds. The summed E-state index contributed by atoms with van der Waals surface area (Å²) < 4.78 is 20.8. The van der Waals surface area contributed by atoms with Crippen LogP contribution in [0.1, 0.15) is 36.1 Å². The van der Waals surface area contributed by atoms with Crippen molar-refractivity contribution in [2.24, 2.45) is 0 Å². The van der Waals surface area contributed by atoms with Crippen LogP contribution in [-0.4, -0.2) is 10.6 Å². The van der Waals surface area contributed by atoms with Crippen molar-refractivity contribution in [3.05, 3.63) is 103 Å². The second-order valence-corrected chi connectivity index (χ2v) is 9.81. The number of nitro benzene ring substituents is 1. The molecule has 1 spiro atoms. The average molecular weight is 509 g/mol. The third-order valence-electron chi connectivity index (χ3n) is 6.77. The molecule has 33 heavy (non-hydrogen) atoms. The first-order valence-corrected chi connectivity index (χ1v) is 11.4. The highest BCUT2D eigenvalue weighted by Gasteiger charge is 2.59. The van der Waals surface area contributed by atoms with Crippen LogP contribution in [0.5, 0.6) is 5.75 Å². The minimum absolute atomic E-state index is 0.00702. The molecule has 2 aliphatic heterocycles. The Morgan fingerprint density at radius 1 is 1.15 bits per heavy atom. The second kappa shape index (κ2) is 7.42. The maximum absolute atomic E-state index is 13.5. The highest BCUT2D eigenvalue weighted by Crippen LogP contribution is 2.56. The Labute approximate surface area is 199 Å². The third kappa shape index (κ3) is 3.09. The molecular weight excluding hydrogens is 487 g/mol. The van der Waals surface area contributed by atoms with Gasteiger partial charge in [-0.2, -0.15) is 0 Å². The highest BCUT2D eigenvalue weighted by molar-refractivity contribution is 9.10. The first kappa shape index (κ1) is 21.6. The number of aryl methyl sites for hydroxylation is 1. The van der Waals surface area contributed by atoms with Crippen LogP contribution in [0.4, 0.5) is 15.8 Å². The minimum atomic E-state index is -0.877. The fourth-order valence-electron chi connectivity index (χ4n) is 4.99. The standard InChI is InChI=1S/C26H22BrFN2O3/c1-16-14-22(30(31)32)23(27)19-12-13-26(33-24(16)19)25(2,3)20-6-4-5-7-21(20)29(26)15-17-8-10-18(28)11-9-17/h4-14H,15H2,1-3H3. The lowest BCUT2D eigenvalue weighted by molar-refractivity contribution is -0.385. The van der Waals surface area contributed by atoms with Crippen LogP contribution >= 0.6 is 15.9 Å². The Bertz CT molecular complexity index is 1320. The van der Waals surface area contributed by atoms with E-state index in [1.165, 1.54) is 18.2 Å². The molecule has 3 aromatic rings. The summed E-state index contributed by atoms with van der Waals surface area (Å²) in [5.74, 6) is 0.334. The average Bonchev–Trinajstić information content (AvgIpc) is 2.96. The summed E-state index contributed by atoms with van der Waals surface area (Å²) in [5.41, 5.74) is 3.16. The number of halogens is 2. The summed E-state index contributed by atoms with van der Waals surface area (Å²) in [6.07, 6.45) is 3.90. The monoisotopic (exact) mass is 508 g/mol. The molecule has 2 heterocycles. The van der Waals surface area contributed by atoms with E-state index < -0.39 is 16.1 Å². The number of ether oxygens (including phenoxy) is 1. The molecule has 5 rings (SSSR count). The highest BCUT2D eigenvalue weighted by atomic mass is 79.9. The number of para-hydroxylation sites is 1. The lowest BCUT2D eigenvalue weighted by atomic mass is 9.76. The minimum Gasteiger partial charge on any atom is -0.462 e. The van der Waals surface area contributed by atoms with Crippen LogP contribution in [0, 0.1) is 22.9 Å². The number of benzene rings is 3. The first-order chi connectivity index (χ1) is 15.7. The third-order valence-corrected chi connectivity index (χ3v) is 7.60. The van der Waals surface area contributed by atoms with Gasteiger partial charge < -0.3 is 9.64 Å². The zero-order chi connectivity index (χ0) is 23.5. The summed E-state index contributed by atoms with van der Waals surface area (Å²) in [5, 5.41) is 11.5. The van der Waals surface area contributed by atoms with Gasteiger partial charge in [-0.3, -0.25) is 10.1 Å². The first-order valence-electron chi connectivity index (χ1n) is 10.6. The number of anilines is 1. The van der Waals surface area contributed by atoms with E-state index >= 15 is 0 Å². The Morgan fingerprint density at radius 3 is 2.55 bits per heavy atom. The number of rotatable bonds is 3. The van der Waals surface area contributed by atoms with E-state index in [0.29, 0.717) is 27.9 Å². The molecule has 1 unspecified atom stereocenters. The molecule has 3 aromatic carbocycles. The lowest BCUT2D eigenvalue weighted by Gasteiger charge is -2.47. The van der Waals surface area contributed by atoms with Crippen molar-refractivity contribution in [1.29, 1.82) is 0 Å². The van der Waals surface area contributed by atoms with E-state index in [9.17, 15) is 14.5 Å². The van der Waals surface area contributed by atoms with Gasteiger partial charge in [-0.25, -0.2) is 4.39 Å². The van der Waals surface area contributed by atoms with Gasteiger partial charge in [0.25, 0.3) is 5.69 Å². The molecule has 0 aliphatic carbocycles. The van der Waals surface area contributed by atoms with E-state index in [1.54, 1.807) is 12.1 Å². The van der Waals surface area contributed by atoms with E-state index in [0.717, 1.165) is 16.8 Å². The van der Waals surface area contributed by atoms with Gasteiger partial charge in [-0.15, -0.1) is 0 Å². The zero-order valence-electron chi connectivity index (χ0n) is 18.4. The van der Waals surface area contributed by atoms with Crippen molar-refractivity contribution in [2.75, 3.05) is 4.90 Å². The molecule has 1 atom stereocenters. The molecule has 0 fully saturated rings. The topological polar surface area (TPSA) is 55.6 Å². The summed E-state index contributed by atoms with van der Waals surface area (Å²) >= 11 is 3.41. The lowest BCUT2D eigenvalue weighted by Crippen LogP contribution is -2.59. The van der Waals surface area contributed by atoms with E-state index in [2.05, 4.69) is 46.8 Å².